The molecular formula is C22H17F3N2O4. The highest BCUT2D eigenvalue weighted by Crippen LogP contribution is 2.32. The van der Waals surface area contributed by atoms with Gasteiger partial charge in [0.1, 0.15) is 6.10 Å². The number of anilines is 1. The van der Waals surface area contributed by atoms with Crippen molar-refractivity contribution in [2.75, 3.05) is 11.9 Å². The molecule has 3 aromatic rings. The Kier molecular flexibility index (Phi) is 6.36. The number of benzene rings is 3. The third-order valence-corrected chi connectivity index (χ3v) is 4.55. The molecule has 0 saturated carbocycles. The molecule has 160 valence electrons. The number of alkyl halides is 3. The monoisotopic (exact) mass is 430 g/mol. The van der Waals surface area contributed by atoms with Gasteiger partial charge in [-0.2, -0.15) is 13.2 Å². The van der Waals surface area contributed by atoms with Gasteiger partial charge in [0.15, 0.2) is 0 Å². The van der Waals surface area contributed by atoms with Gasteiger partial charge in [0.2, 0.25) is 6.54 Å². The summed E-state index contributed by atoms with van der Waals surface area (Å²) in [5, 5.41) is 23.1. The number of aliphatic hydroxyl groups excluding tert-OH is 1. The van der Waals surface area contributed by atoms with Crippen LogP contribution in [0.3, 0.4) is 0 Å². The number of rotatable bonds is 6. The number of nitrogens with one attached hydrogen (secondary N) is 1. The number of aliphatic hydroxyl groups is 1. The van der Waals surface area contributed by atoms with Crippen molar-refractivity contribution in [1.29, 1.82) is 0 Å². The molecule has 3 rings (SSSR count). The molecule has 0 radical (unpaired) electrons. The van der Waals surface area contributed by atoms with E-state index >= 15 is 0 Å². The quantitative estimate of drug-likeness (QED) is 0.428. The summed E-state index contributed by atoms with van der Waals surface area (Å²) >= 11 is 0. The van der Waals surface area contributed by atoms with Crippen LogP contribution in [-0.4, -0.2) is 22.5 Å². The molecule has 9 heteroatoms. The molecule has 2 N–H and O–H groups in total. The molecule has 0 spiro atoms. The molecule has 0 fully saturated rings. The molecule has 6 nitrogen and oxygen atoms in total. The Balaban J connectivity index is 1.85. The van der Waals surface area contributed by atoms with Crippen molar-refractivity contribution in [3.63, 3.8) is 0 Å². The molecule has 0 aliphatic carbocycles. The Morgan fingerprint density at radius 2 is 1.71 bits per heavy atom. The number of carbonyl (C=O) groups is 1. The maximum Gasteiger partial charge on any atom is 0.416 e. The lowest BCUT2D eigenvalue weighted by atomic mass is 9.98. The molecule has 0 saturated heterocycles. The van der Waals surface area contributed by atoms with E-state index in [1.54, 1.807) is 24.3 Å². The van der Waals surface area contributed by atoms with Crippen LogP contribution in [0.15, 0.2) is 72.8 Å². The van der Waals surface area contributed by atoms with Gasteiger partial charge in [-0.05, 0) is 47.0 Å². The van der Waals surface area contributed by atoms with Gasteiger partial charge in [0.25, 0.3) is 5.91 Å². The second-order valence-corrected chi connectivity index (χ2v) is 6.73. The fourth-order valence-corrected chi connectivity index (χ4v) is 3.04. The lowest BCUT2D eigenvalue weighted by Gasteiger charge is -2.13. The predicted molar refractivity (Wildman–Crippen MR) is 108 cm³/mol. The van der Waals surface area contributed by atoms with E-state index in [4.69, 9.17) is 0 Å². The summed E-state index contributed by atoms with van der Waals surface area (Å²) in [6.07, 6.45) is -5.79. The van der Waals surface area contributed by atoms with Crippen molar-refractivity contribution in [3.8, 4) is 11.1 Å². The smallest absolute Gasteiger partial charge is 0.382 e. The van der Waals surface area contributed by atoms with Crippen molar-refractivity contribution >= 4 is 11.6 Å². The van der Waals surface area contributed by atoms with Gasteiger partial charge >= 0.3 is 6.18 Å². The Hall–Kier alpha value is -3.72. The zero-order chi connectivity index (χ0) is 22.6. The molecule has 3 aromatic carbocycles. The van der Waals surface area contributed by atoms with Crippen LogP contribution in [0.4, 0.5) is 18.9 Å². The SMILES string of the molecule is O=C(Nc1cccc([C@H](O)C[N+](=O)[O-])c1)c1ccccc1-c1ccc(C(F)(F)F)cc1. The summed E-state index contributed by atoms with van der Waals surface area (Å²) in [5.41, 5.74) is 0.909. The second-order valence-electron chi connectivity index (χ2n) is 6.73. The first kappa shape index (κ1) is 22.0. The van der Waals surface area contributed by atoms with Crippen LogP contribution in [-0.2, 0) is 6.18 Å². The van der Waals surface area contributed by atoms with Gasteiger partial charge in [-0.1, -0.05) is 42.5 Å². The summed E-state index contributed by atoms with van der Waals surface area (Å²) < 4.78 is 38.4. The number of halogens is 3. The van der Waals surface area contributed by atoms with Crippen molar-refractivity contribution < 1.29 is 28.0 Å². The molecule has 0 aliphatic heterocycles. The molecule has 0 heterocycles. The van der Waals surface area contributed by atoms with E-state index in [2.05, 4.69) is 5.32 Å². The molecule has 0 unspecified atom stereocenters. The van der Waals surface area contributed by atoms with Crippen molar-refractivity contribution in [3.05, 3.63) is 99.6 Å². The molecule has 0 aromatic heterocycles. The van der Waals surface area contributed by atoms with Gasteiger partial charge < -0.3 is 10.4 Å². The Bertz CT molecular complexity index is 1100. The number of hydrogen-bond donors (Lipinski definition) is 2. The average Bonchev–Trinajstić information content (AvgIpc) is 2.73. The standard InChI is InChI=1S/C22H17F3N2O4/c23-22(24,25)16-10-8-14(9-11-16)18-6-1-2-7-19(18)21(29)26-17-5-3-4-15(12-17)20(28)13-27(30)31/h1-12,20,28H,13H2,(H,26,29)/t20-/m1/s1. The maximum atomic E-state index is 12.8. The number of amides is 1. The molecular weight excluding hydrogens is 413 g/mol. The minimum absolute atomic E-state index is 0.235. The minimum Gasteiger partial charge on any atom is -0.382 e. The number of nitrogens with zero attached hydrogens (tertiary/aromatic N) is 1. The first-order valence-corrected chi connectivity index (χ1v) is 9.13. The predicted octanol–water partition coefficient (Wildman–Crippen LogP) is 4.93. The zero-order valence-electron chi connectivity index (χ0n) is 16.0. The highest BCUT2D eigenvalue weighted by atomic mass is 19.4. The summed E-state index contributed by atoms with van der Waals surface area (Å²) in [6.45, 7) is -0.672. The van der Waals surface area contributed by atoms with Crippen molar-refractivity contribution in [2.45, 2.75) is 12.3 Å². The van der Waals surface area contributed by atoms with Crippen LogP contribution in [0, 0.1) is 10.1 Å². The Morgan fingerprint density at radius 3 is 2.35 bits per heavy atom. The highest BCUT2D eigenvalue weighted by molar-refractivity contribution is 6.08. The number of nitro groups is 1. The molecule has 1 amide bonds. The van der Waals surface area contributed by atoms with Crippen LogP contribution in [0.2, 0.25) is 0 Å². The number of hydrogen-bond acceptors (Lipinski definition) is 4. The Labute approximate surface area is 175 Å². The number of carbonyl (C=O) groups excluding carboxylic acids is 1. The first-order valence-electron chi connectivity index (χ1n) is 9.13. The normalized spacial score (nSPS) is 12.3. The highest BCUT2D eigenvalue weighted by Gasteiger charge is 2.30. The van der Waals surface area contributed by atoms with Crippen molar-refractivity contribution in [2.24, 2.45) is 0 Å². The van der Waals surface area contributed by atoms with Crippen LogP contribution in [0.5, 0.6) is 0 Å². The lowest BCUT2D eigenvalue weighted by Crippen LogP contribution is -2.15. The van der Waals surface area contributed by atoms with Crippen LogP contribution < -0.4 is 5.32 Å². The van der Waals surface area contributed by atoms with E-state index in [-0.39, 0.29) is 11.1 Å². The summed E-state index contributed by atoms with van der Waals surface area (Å²) in [7, 11) is 0. The van der Waals surface area contributed by atoms with Gasteiger partial charge in [-0.3, -0.25) is 14.9 Å². The average molecular weight is 430 g/mol. The van der Waals surface area contributed by atoms with Gasteiger partial charge in [0, 0.05) is 16.2 Å². The van der Waals surface area contributed by atoms with E-state index in [0.29, 0.717) is 16.8 Å². The molecule has 0 bridgehead atoms. The van der Waals surface area contributed by atoms with Crippen LogP contribution in [0.1, 0.15) is 27.6 Å². The molecule has 31 heavy (non-hydrogen) atoms. The topological polar surface area (TPSA) is 92.5 Å². The molecule has 0 aliphatic rings. The van der Waals surface area contributed by atoms with Gasteiger partial charge in [0.05, 0.1) is 5.56 Å². The van der Waals surface area contributed by atoms with Gasteiger partial charge in [-0.25, -0.2) is 0 Å². The van der Waals surface area contributed by atoms with E-state index < -0.39 is 35.2 Å². The van der Waals surface area contributed by atoms with Crippen LogP contribution in [0.25, 0.3) is 11.1 Å². The maximum absolute atomic E-state index is 12.8. The van der Waals surface area contributed by atoms with Crippen molar-refractivity contribution in [1.82, 2.24) is 0 Å². The summed E-state index contributed by atoms with van der Waals surface area (Å²) in [6, 6.07) is 17.0. The third-order valence-electron chi connectivity index (χ3n) is 4.55. The first-order chi connectivity index (χ1) is 14.6. The summed E-state index contributed by atoms with van der Waals surface area (Å²) in [5.74, 6) is -0.517. The minimum atomic E-state index is -4.46. The van der Waals surface area contributed by atoms with E-state index in [1.807, 2.05) is 0 Å². The van der Waals surface area contributed by atoms with E-state index in [0.717, 1.165) is 12.1 Å². The lowest BCUT2D eigenvalue weighted by molar-refractivity contribution is -0.491. The fourth-order valence-electron chi connectivity index (χ4n) is 3.04. The largest absolute Gasteiger partial charge is 0.416 e. The fraction of sp³-hybridized carbons (Fsp3) is 0.136. The van der Waals surface area contributed by atoms with E-state index in [9.17, 15) is 33.2 Å². The van der Waals surface area contributed by atoms with Gasteiger partial charge in [-0.15, -0.1) is 0 Å². The Morgan fingerprint density at radius 1 is 1.03 bits per heavy atom. The zero-order valence-corrected chi connectivity index (χ0v) is 16.0. The van der Waals surface area contributed by atoms with E-state index in [1.165, 1.54) is 36.4 Å². The molecule has 1 atom stereocenters. The summed E-state index contributed by atoms with van der Waals surface area (Å²) in [4.78, 5) is 22.8. The van der Waals surface area contributed by atoms with Crippen LogP contribution >= 0.6 is 0 Å². The second kappa shape index (κ2) is 8.97. The third kappa shape index (κ3) is 5.46.